The molecule has 0 aliphatic rings. The summed E-state index contributed by atoms with van der Waals surface area (Å²) >= 11 is 1.73. The molecule has 246 valence electrons. The Morgan fingerprint density at radius 3 is 1.63 bits per heavy atom. The molecule has 0 saturated carbocycles. The molecule has 3 aromatic carbocycles. The van der Waals surface area contributed by atoms with E-state index in [0.29, 0.717) is 38.0 Å². The molecule has 0 unspecified atom stereocenters. The average Bonchev–Trinajstić information content (AvgIpc) is 3.05. The second kappa shape index (κ2) is 19.4. The van der Waals surface area contributed by atoms with Gasteiger partial charge in [0.05, 0.1) is 4.75 Å². The summed E-state index contributed by atoms with van der Waals surface area (Å²) in [5, 5.41) is 12.9. The standard InChI is InChI=1S/C36H44N2O7S/c1-28(39)44-25-23-38(24-26-45-29(2)40)33(35(42)43)20-12-13-22-37-34(41)21-27-46-36(30-14-6-3-7-15-30,31-16-8-4-9-17-31)32-18-10-5-11-19-32/h3-11,14-19,33H,12-13,20-27H2,1-2H3,(H,37,41)(H,42,43)/t33-/m1/s1. The van der Waals surface area contributed by atoms with Crippen LogP contribution in [0.5, 0.6) is 0 Å². The van der Waals surface area contributed by atoms with Crippen LogP contribution in [0.1, 0.15) is 56.2 Å². The molecule has 0 fully saturated rings. The Morgan fingerprint density at radius 2 is 1.22 bits per heavy atom. The van der Waals surface area contributed by atoms with E-state index in [1.165, 1.54) is 13.8 Å². The van der Waals surface area contributed by atoms with Crippen molar-refractivity contribution in [3.63, 3.8) is 0 Å². The average molecular weight is 649 g/mol. The van der Waals surface area contributed by atoms with Gasteiger partial charge in [0.25, 0.3) is 0 Å². The minimum atomic E-state index is -1.01. The Morgan fingerprint density at radius 1 is 0.761 bits per heavy atom. The minimum Gasteiger partial charge on any atom is -0.480 e. The van der Waals surface area contributed by atoms with E-state index >= 15 is 0 Å². The summed E-state index contributed by atoms with van der Waals surface area (Å²) in [6.45, 7) is 3.47. The first-order chi connectivity index (χ1) is 22.2. The molecule has 3 rings (SSSR count). The number of nitrogens with zero attached hydrogens (tertiary/aromatic N) is 1. The number of thioether (sulfide) groups is 1. The molecule has 46 heavy (non-hydrogen) atoms. The Labute approximate surface area is 275 Å². The van der Waals surface area contributed by atoms with E-state index in [9.17, 15) is 24.3 Å². The maximum absolute atomic E-state index is 12.9. The maximum atomic E-state index is 12.9. The van der Waals surface area contributed by atoms with E-state index < -0.39 is 28.7 Å². The Bertz CT molecular complexity index is 1260. The monoisotopic (exact) mass is 648 g/mol. The molecule has 0 bridgehead atoms. The molecule has 0 radical (unpaired) electrons. The number of carbonyl (C=O) groups is 4. The zero-order valence-electron chi connectivity index (χ0n) is 26.6. The predicted molar refractivity (Wildman–Crippen MR) is 179 cm³/mol. The molecular weight excluding hydrogens is 604 g/mol. The van der Waals surface area contributed by atoms with Crippen LogP contribution in [-0.4, -0.2) is 78.5 Å². The third-order valence-corrected chi connectivity index (χ3v) is 9.06. The highest BCUT2D eigenvalue weighted by atomic mass is 32.2. The molecule has 0 aliphatic carbocycles. The Balaban J connectivity index is 1.56. The number of unbranched alkanes of at least 4 members (excludes halogenated alkanes) is 1. The maximum Gasteiger partial charge on any atom is 0.320 e. The van der Waals surface area contributed by atoms with Crippen LogP contribution in [0.25, 0.3) is 0 Å². The van der Waals surface area contributed by atoms with Crippen LogP contribution in [0.3, 0.4) is 0 Å². The van der Waals surface area contributed by atoms with E-state index in [4.69, 9.17) is 9.47 Å². The van der Waals surface area contributed by atoms with Crippen molar-refractivity contribution in [1.82, 2.24) is 10.2 Å². The third kappa shape index (κ3) is 11.3. The summed E-state index contributed by atoms with van der Waals surface area (Å²) in [4.78, 5) is 49.0. The summed E-state index contributed by atoms with van der Waals surface area (Å²) in [7, 11) is 0. The second-order valence-electron chi connectivity index (χ2n) is 10.8. The van der Waals surface area contributed by atoms with E-state index in [1.807, 2.05) is 54.6 Å². The van der Waals surface area contributed by atoms with Crippen molar-refractivity contribution < 1.29 is 33.8 Å². The normalized spacial score (nSPS) is 11.9. The van der Waals surface area contributed by atoms with Gasteiger partial charge in [-0.1, -0.05) is 91.0 Å². The van der Waals surface area contributed by atoms with Gasteiger partial charge in [-0.2, -0.15) is 0 Å². The molecule has 9 nitrogen and oxygen atoms in total. The van der Waals surface area contributed by atoms with Gasteiger partial charge in [-0.15, -0.1) is 11.8 Å². The number of aliphatic carboxylic acids is 1. The highest BCUT2D eigenvalue weighted by Crippen LogP contribution is 2.48. The van der Waals surface area contributed by atoms with Gasteiger partial charge in [0.15, 0.2) is 0 Å². The van der Waals surface area contributed by atoms with Gasteiger partial charge in [0.1, 0.15) is 19.3 Å². The van der Waals surface area contributed by atoms with Crippen LogP contribution < -0.4 is 5.32 Å². The molecule has 10 heteroatoms. The largest absolute Gasteiger partial charge is 0.480 e. The first-order valence-electron chi connectivity index (χ1n) is 15.5. The third-order valence-electron chi connectivity index (χ3n) is 7.51. The fraction of sp³-hybridized carbons (Fsp3) is 0.389. The lowest BCUT2D eigenvalue weighted by molar-refractivity contribution is -0.146. The Hall–Kier alpha value is -4.15. The summed E-state index contributed by atoms with van der Waals surface area (Å²) < 4.78 is 9.50. The molecule has 1 amide bonds. The fourth-order valence-electron chi connectivity index (χ4n) is 5.34. The van der Waals surface area contributed by atoms with Crippen molar-refractivity contribution >= 4 is 35.6 Å². The quantitative estimate of drug-likeness (QED) is 0.0959. The van der Waals surface area contributed by atoms with Crippen LogP contribution >= 0.6 is 11.8 Å². The van der Waals surface area contributed by atoms with Crippen LogP contribution in [-0.2, 0) is 33.4 Å². The lowest BCUT2D eigenvalue weighted by Gasteiger charge is -2.35. The predicted octanol–water partition coefficient (Wildman–Crippen LogP) is 5.27. The van der Waals surface area contributed by atoms with Crippen molar-refractivity contribution in [2.24, 2.45) is 0 Å². The van der Waals surface area contributed by atoms with Crippen molar-refractivity contribution in [2.45, 2.75) is 50.3 Å². The molecule has 0 aliphatic heterocycles. The number of rotatable bonds is 20. The number of amides is 1. The van der Waals surface area contributed by atoms with Crippen LogP contribution in [0, 0.1) is 0 Å². The molecule has 0 aromatic heterocycles. The first kappa shape index (κ1) is 36.3. The summed E-state index contributed by atoms with van der Waals surface area (Å²) in [6, 6.07) is 30.2. The van der Waals surface area contributed by atoms with E-state index in [0.717, 1.165) is 16.7 Å². The van der Waals surface area contributed by atoms with Crippen LogP contribution in [0.2, 0.25) is 0 Å². The molecule has 0 saturated heterocycles. The number of carboxylic acids is 1. The van der Waals surface area contributed by atoms with Gasteiger partial charge < -0.3 is 19.9 Å². The minimum absolute atomic E-state index is 0.0351. The lowest BCUT2D eigenvalue weighted by Crippen LogP contribution is -2.45. The number of hydrogen-bond donors (Lipinski definition) is 2. The van der Waals surface area contributed by atoms with Crippen molar-refractivity contribution in [2.75, 3.05) is 38.6 Å². The smallest absolute Gasteiger partial charge is 0.320 e. The number of carboxylic acid groups (broad SMARTS) is 1. The van der Waals surface area contributed by atoms with Gasteiger partial charge in [-0.3, -0.25) is 24.1 Å². The van der Waals surface area contributed by atoms with Gasteiger partial charge in [0, 0.05) is 45.7 Å². The number of nitrogens with one attached hydrogen (secondary N) is 1. The van der Waals surface area contributed by atoms with Crippen LogP contribution in [0.15, 0.2) is 91.0 Å². The molecular formula is C36H44N2O7S. The lowest BCUT2D eigenvalue weighted by atomic mass is 9.84. The summed E-state index contributed by atoms with van der Waals surface area (Å²) in [5.74, 6) is -1.38. The second-order valence-corrected chi connectivity index (χ2v) is 12.1. The summed E-state index contributed by atoms with van der Waals surface area (Å²) in [6.07, 6.45) is 1.82. The summed E-state index contributed by atoms with van der Waals surface area (Å²) in [5.41, 5.74) is 3.42. The number of benzene rings is 3. The van der Waals surface area contributed by atoms with Crippen molar-refractivity contribution in [1.29, 1.82) is 0 Å². The van der Waals surface area contributed by atoms with Gasteiger partial charge in [-0.05, 0) is 36.0 Å². The topological polar surface area (TPSA) is 122 Å². The SMILES string of the molecule is CC(=O)OCCN(CCOC(C)=O)[C@H](CCCCNC(=O)CCSC(c1ccccc1)(c1ccccc1)c1ccccc1)C(=O)O. The van der Waals surface area contributed by atoms with E-state index in [-0.39, 0.29) is 32.2 Å². The highest BCUT2D eigenvalue weighted by molar-refractivity contribution is 8.00. The van der Waals surface area contributed by atoms with Gasteiger partial charge in [-0.25, -0.2) is 0 Å². The highest BCUT2D eigenvalue weighted by Gasteiger charge is 2.36. The number of carbonyl (C=O) groups excluding carboxylic acids is 3. The molecule has 3 aromatic rings. The Kier molecular flexibility index (Phi) is 15.3. The zero-order valence-corrected chi connectivity index (χ0v) is 27.4. The molecule has 2 N–H and O–H groups in total. The number of hydrogen-bond acceptors (Lipinski definition) is 8. The van der Waals surface area contributed by atoms with E-state index in [2.05, 4.69) is 41.7 Å². The number of esters is 2. The van der Waals surface area contributed by atoms with Gasteiger partial charge in [0.2, 0.25) is 5.91 Å². The van der Waals surface area contributed by atoms with Crippen molar-refractivity contribution in [3.05, 3.63) is 108 Å². The van der Waals surface area contributed by atoms with Gasteiger partial charge >= 0.3 is 17.9 Å². The number of ether oxygens (including phenoxy) is 2. The molecule has 0 heterocycles. The fourth-order valence-corrected chi connectivity index (χ4v) is 6.85. The van der Waals surface area contributed by atoms with Crippen molar-refractivity contribution in [3.8, 4) is 0 Å². The molecule has 1 atom stereocenters. The zero-order chi connectivity index (χ0) is 33.2. The van der Waals surface area contributed by atoms with Crippen LogP contribution in [0.4, 0.5) is 0 Å². The molecule has 0 spiro atoms. The first-order valence-corrected chi connectivity index (χ1v) is 16.5. The van der Waals surface area contributed by atoms with E-state index in [1.54, 1.807) is 16.7 Å².